The van der Waals surface area contributed by atoms with E-state index >= 15 is 0 Å². The number of fused-ring (bicyclic) bond motifs is 4. The minimum atomic E-state index is -0.620. The van der Waals surface area contributed by atoms with E-state index in [1.807, 2.05) is 48.9 Å². The van der Waals surface area contributed by atoms with Crippen molar-refractivity contribution in [2.45, 2.75) is 90.3 Å². The van der Waals surface area contributed by atoms with Gasteiger partial charge in [-0.05, 0) is 93.5 Å². The number of benzene rings is 2. The van der Waals surface area contributed by atoms with Crippen LogP contribution >= 0.6 is 11.6 Å². The van der Waals surface area contributed by atoms with Crippen LogP contribution in [0.3, 0.4) is 0 Å². The van der Waals surface area contributed by atoms with Crippen LogP contribution in [0.25, 0.3) is 11.1 Å². The van der Waals surface area contributed by atoms with Crippen molar-refractivity contribution in [1.29, 1.82) is 0 Å². The number of anilines is 2. The summed E-state index contributed by atoms with van der Waals surface area (Å²) in [5, 5.41) is 16.3. The number of hydrogen-bond acceptors (Lipinski definition) is 8. The minimum Gasteiger partial charge on any atom is -0.481 e. The third-order valence-corrected chi connectivity index (χ3v) is 14.2. The van der Waals surface area contributed by atoms with Crippen LogP contribution < -0.4 is 10.6 Å². The number of halogens is 1. The molecule has 3 fully saturated rings. The van der Waals surface area contributed by atoms with Crippen LogP contribution in [0.5, 0.6) is 0 Å². The molecule has 57 heavy (non-hydrogen) atoms. The Morgan fingerprint density at radius 2 is 1.67 bits per heavy atom. The van der Waals surface area contributed by atoms with Crippen molar-refractivity contribution < 1.29 is 24.2 Å². The summed E-state index contributed by atoms with van der Waals surface area (Å²) in [6, 6.07) is 11.7. The van der Waals surface area contributed by atoms with Crippen LogP contribution in [0.1, 0.15) is 101 Å². The lowest BCUT2D eigenvalue weighted by Gasteiger charge is -2.36. The van der Waals surface area contributed by atoms with E-state index in [0.29, 0.717) is 34.8 Å². The second-order valence-corrected chi connectivity index (χ2v) is 17.4. The highest BCUT2D eigenvalue weighted by Crippen LogP contribution is 2.63. The number of aromatic amines is 1. The number of carboxylic acids is 1. The van der Waals surface area contributed by atoms with Crippen LogP contribution in [-0.4, -0.2) is 91.1 Å². The number of rotatable bonds is 10. The van der Waals surface area contributed by atoms with Crippen molar-refractivity contribution in [2.24, 2.45) is 17.9 Å². The molecule has 4 aromatic rings. The van der Waals surface area contributed by atoms with E-state index in [1.165, 1.54) is 0 Å². The third kappa shape index (κ3) is 7.06. The molecule has 2 aromatic heterocycles. The zero-order chi connectivity index (χ0) is 39.5. The zero-order valence-corrected chi connectivity index (χ0v) is 33.5. The Labute approximate surface area is 337 Å². The molecule has 2 aliphatic carbocycles. The summed E-state index contributed by atoms with van der Waals surface area (Å²) >= 11 is 7.02. The lowest BCUT2D eigenvalue weighted by atomic mass is 9.80. The molecule has 5 heterocycles. The summed E-state index contributed by atoms with van der Waals surface area (Å²) < 4.78 is 7.47. The Hall–Kier alpha value is -4.56. The highest BCUT2D eigenvalue weighted by atomic mass is 35.5. The largest absolute Gasteiger partial charge is 0.481 e. The fourth-order valence-electron chi connectivity index (χ4n) is 10.4. The van der Waals surface area contributed by atoms with Crippen LogP contribution in [-0.2, 0) is 42.5 Å². The number of H-pyrrole nitrogens is 1. The lowest BCUT2D eigenvalue weighted by Crippen LogP contribution is -2.42. The van der Waals surface area contributed by atoms with Crippen LogP contribution in [0.4, 0.5) is 11.4 Å². The van der Waals surface area contributed by atoms with Crippen molar-refractivity contribution in [3.05, 3.63) is 81.4 Å². The summed E-state index contributed by atoms with van der Waals surface area (Å²) in [6.45, 7) is 7.64. The first-order chi connectivity index (χ1) is 27.5. The minimum absolute atomic E-state index is 0.150. The van der Waals surface area contributed by atoms with E-state index in [1.54, 1.807) is 6.07 Å². The fourth-order valence-corrected chi connectivity index (χ4v) is 10.6. The van der Waals surface area contributed by atoms with E-state index in [9.17, 15) is 19.5 Å². The van der Waals surface area contributed by atoms with Crippen molar-refractivity contribution >= 4 is 40.8 Å². The molecule has 1 saturated heterocycles. The molecule has 3 aliphatic heterocycles. The van der Waals surface area contributed by atoms with Gasteiger partial charge in [-0.15, -0.1) is 0 Å². The van der Waals surface area contributed by atoms with Crippen molar-refractivity contribution in [1.82, 2.24) is 29.3 Å². The molecule has 0 radical (unpaired) electrons. The molecule has 0 unspecified atom stereocenters. The maximum absolute atomic E-state index is 13.7. The Morgan fingerprint density at radius 3 is 2.42 bits per heavy atom. The van der Waals surface area contributed by atoms with E-state index in [4.69, 9.17) is 26.3 Å². The van der Waals surface area contributed by atoms with E-state index in [2.05, 4.69) is 25.4 Å². The standard InChI is InChI=1S/C43H51ClN8O5/c1-26-28(29-6-4-8-32(36(29)44)49-40(54)38-47-34-24-52(19-10-35(34)50(38)2)27-11-21-57-22-12-27)5-3-7-30(26)48-39(53)37-45-31-9-18-51(23-33(31)46-37)20-17-42-13-15-43(25-42,16-14-42)41(55)56/h3-8,27H,9-25H2,1-2H3,(H,45,46)(H,48,53)(H,49,54)(H,55,56). The van der Waals surface area contributed by atoms with Crippen LogP contribution in [0, 0.1) is 17.8 Å². The van der Waals surface area contributed by atoms with Gasteiger partial charge in [0.25, 0.3) is 11.8 Å². The van der Waals surface area contributed by atoms with Gasteiger partial charge in [0.2, 0.25) is 0 Å². The molecule has 300 valence electrons. The summed E-state index contributed by atoms with van der Waals surface area (Å²) in [5.41, 5.74) is 7.07. The predicted molar refractivity (Wildman–Crippen MR) is 216 cm³/mol. The lowest BCUT2D eigenvalue weighted by molar-refractivity contribution is -0.148. The van der Waals surface area contributed by atoms with Crippen LogP contribution in [0.2, 0.25) is 5.02 Å². The maximum atomic E-state index is 13.7. The number of ether oxygens (including phenoxy) is 1. The van der Waals surface area contributed by atoms with Gasteiger partial charge in [0.05, 0.1) is 33.2 Å². The average Bonchev–Trinajstić information content (AvgIpc) is 4.00. The first-order valence-corrected chi connectivity index (χ1v) is 20.8. The third-order valence-electron chi connectivity index (χ3n) is 13.8. The number of amides is 2. The van der Waals surface area contributed by atoms with Gasteiger partial charge in [0.1, 0.15) is 0 Å². The highest BCUT2D eigenvalue weighted by molar-refractivity contribution is 6.36. The number of carbonyl (C=O) groups excluding carboxylic acids is 2. The second-order valence-electron chi connectivity index (χ2n) is 17.1. The molecule has 13 nitrogen and oxygen atoms in total. The van der Waals surface area contributed by atoms with Gasteiger partial charge < -0.3 is 30.0 Å². The molecular weight excluding hydrogens is 744 g/mol. The molecule has 9 rings (SSSR count). The normalized spacial score (nSPS) is 23.6. The van der Waals surface area contributed by atoms with Crippen molar-refractivity contribution in [3.8, 4) is 11.1 Å². The van der Waals surface area contributed by atoms with E-state index in [0.717, 1.165) is 143 Å². The summed E-state index contributed by atoms with van der Waals surface area (Å²) in [5.74, 6) is -0.629. The summed E-state index contributed by atoms with van der Waals surface area (Å²) in [7, 11) is 1.90. The first-order valence-electron chi connectivity index (χ1n) is 20.4. The van der Waals surface area contributed by atoms with E-state index in [-0.39, 0.29) is 23.1 Å². The fraction of sp³-hybridized carbons (Fsp3) is 0.512. The Morgan fingerprint density at radius 1 is 0.930 bits per heavy atom. The van der Waals surface area contributed by atoms with Gasteiger partial charge in [-0.2, -0.15) is 0 Å². The first kappa shape index (κ1) is 38.0. The molecule has 0 spiro atoms. The number of carbonyl (C=O) groups is 3. The number of nitrogens with one attached hydrogen (secondary N) is 3. The smallest absolute Gasteiger partial charge is 0.309 e. The topological polar surface area (TPSA) is 158 Å². The number of nitrogens with zero attached hydrogens (tertiary/aromatic N) is 5. The van der Waals surface area contributed by atoms with Crippen molar-refractivity contribution in [3.63, 3.8) is 0 Å². The van der Waals surface area contributed by atoms with Gasteiger partial charge in [-0.1, -0.05) is 35.9 Å². The molecular formula is C43H51ClN8O5. The number of hydrogen-bond donors (Lipinski definition) is 4. The highest BCUT2D eigenvalue weighted by Gasteiger charge is 2.57. The van der Waals surface area contributed by atoms with E-state index < -0.39 is 11.4 Å². The predicted octanol–water partition coefficient (Wildman–Crippen LogP) is 6.60. The van der Waals surface area contributed by atoms with Gasteiger partial charge in [-0.3, -0.25) is 24.2 Å². The molecule has 2 amide bonds. The molecule has 0 atom stereocenters. The molecule has 4 N–H and O–H groups in total. The maximum Gasteiger partial charge on any atom is 0.309 e. The van der Waals surface area contributed by atoms with Crippen LogP contribution in [0.15, 0.2) is 36.4 Å². The van der Waals surface area contributed by atoms with Gasteiger partial charge in [0, 0.05) is 82.3 Å². The molecule has 2 aromatic carbocycles. The monoisotopic (exact) mass is 794 g/mol. The molecule has 2 bridgehead atoms. The molecule has 2 saturated carbocycles. The van der Waals surface area contributed by atoms with Gasteiger partial charge in [0.15, 0.2) is 11.6 Å². The Balaban J connectivity index is 0.849. The molecule has 5 aliphatic rings. The number of aliphatic carboxylic acids is 1. The molecule has 14 heteroatoms. The van der Waals surface area contributed by atoms with Crippen molar-refractivity contribution in [2.75, 3.05) is 43.5 Å². The Kier molecular flexibility index (Phi) is 9.99. The SMILES string of the molecule is Cc1c(NC(=O)c2nc3c([nH]2)CN(CCC24CCC(C(=O)O)(CC2)C4)CC3)cccc1-c1cccc(NC(=O)c2nc3c(n2C)CCN(C2CCOCC2)C3)c1Cl. The summed E-state index contributed by atoms with van der Waals surface area (Å²) in [6.07, 6.45) is 9.07. The number of aromatic nitrogens is 4. The number of carboxylic acid groups (broad SMARTS) is 1. The Bertz CT molecular complexity index is 2230. The number of imidazole rings is 2. The quantitative estimate of drug-likeness (QED) is 0.139. The summed E-state index contributed by atoms with van der Waals surface area (Å²) in [4.78, 5) is 56.9. The van der Waals surface area contributed by atoms with Gasteiger partial charge in [-0.25, -0.2) is 9.97 Å². The zero-order valence-electron chi connectivity index (χ0n) is 32.8. The van der Waals surface area contributed by atoms with Gasteiger partial charge >= 0.3 is 5.97 Å². The second kappa shape index (κ2) is 15.0. The average molecular weight is 795 g/mol.